The van der Waals surface area contributed by atoms with Gasteiger partial charge in [-0.15, -0.1) is 12.4 Å². The van der Waals surface area contributed by atoms with Crippen molar-refractivity contribution in [3.63, 3.8) is 0 Å². The zero-order valence-corrected chi connectivity index (χ0v) is 10.3. The molecule has 0 amide bonds. The van der Waals surface area contributed by atoms with Crippen molar-refractivity contribution in [1.29, 1.82) is 0 Å². The van der Waals surface area contributed by atoms with Crippen LogP contribution in [0.25, 0.3) is 0 Å². The van der Waals surface area contributed by atoms with Gasteiger partial charge in [0.15, 0.2) is 0 Å². The van der Waals surface area contributed by atoms with Crippen molar-refractivity contribution in [2.45, 2.75) is 19.9 Å². The van der Waals surface area contributed by atoms with Crippen LogP contribution in [0.15, 0.2) is 28.7 Å². The summed E-state index contributed by atoms with van der Waals surface area (Å²) in [6, 6.07) is 8.87. The average Bonchev–Trinajstić information content (AvgIpc) is 2.06. The predicted octanol–water partition coefficient (Wildman–Crippen LogP) is 3.54. The predicted molar refractivity (Wildman–Crippen MR) is 63.5 cm³/mol. The van der Waals surface area contributed by atoms with Gasteiger partial charge in [-0.1, -0.05) is 35.0 Å². The third-order valence-corrected chi connectivity index (χ3v) is 2.41. The Balaban J connectivity index is 0.00000144. The van der Waals surface area contributed by atoms with Gasteiger partial charge < -0.3 is 5.32 Å². The zero-order valence-electron chi connectivity index (χ0n) is 7.88. The second-order valence-electron chi connectivity index (χ2n) is 2.83. The van der Waals surface area contributed by atoms with Crippen LogP contribution in [0.2, 0.25) is 0 Å². The number of halogens is 2. The van der Waals surface area contributed by atoms with E-state index in [-0.39, 0.29) is 12.4 Å². The lowest BCUT2D eigenvalue weighted by Crippen LogP contribution is -2.17. The minimum atomic E-state index is 0. The van der Waals surface area contributed by atoms with Gasteiger partial charge in [-0.05, 0) is 31.2 Å². The van der Waals surface area contributed by atoms with Crippen LogP contribution in [-0.2, 0) is 0 Å². The number of hydrogen-bond donors (Lipinski definition) is 1. The fourth-order valence-corrected chi connectivity index (χ4v) is 1.44. The van der Waals surface area contributed by atoms with Crippen molar-refractivity contribution in [2.75, 3.05) is 6.54 Å². The molecule has 0 aliphatic carbocycles. The molecule has 1 aromatic carbocycles. The summed E-state index contributed by atoms with van der Waals surface area (Å²) in [5.74, 6) is 0. The molecule has 3 heteroatoms. The van der Waals surface area contributed by atoms with Crippen LogP contribution in [-0.4, -0.2) is 6.54 Å². The smallest absolute Gasteiger partial charge is 0.0291 e. The highest BCUT2D eigenvalue weighted by Gasteiger charge is 2.01. The molecule has 1 atom stereocenters. The first-order chi connectivity index (χ1) is 5.74. The van der Waals surface area contributed by atoms with E-state index in [2.05, 4.69) is 59.4 Å². The van der Waals surface area contributed by atoms with Crippen molar-refractivity contribution in [2.24, 2.45) is 0 Å². The van der Waals surface area contributed by atoms with Gasteiger partial charge in [0, 0.05) is 10.5 Å². The third kappa shape index (κ3) is 4.12. The minimum Gasteiger partial charge on any atom is -0.310 e. The van der Waals surface area contributed by atoms with Crippen LogP contribution in [0.1, 0.15) is 25.5 Å². The van der Waals surface area contributed by atoms with E-state index < -0.39 is 0 Å². The molecule has 0 aliphatic rings. The molecule has 1 rings (SSSR count). The maximum Gasteiger partial charge on any atom is 0.0291 e. The van der Waals surface area contributed by atoms with E-state index in [1.165, 1.54) is 5.56 Å². The molecule has 0 saturated heterocycles. The van der Waals surface area contributed by atoms with Crippen LogP contribution in [0, 0.1) is 0 Å². The molecule has 0 aliphatic heterocycles. The molecule has 0 aromatic heterocycles. The Kier molecular flexibility index (Phi) is 6.39. The maximum atomic E-state index is 3.41. The zero-order chi connectivity index (χ0) is 8.97. The summed E-state index contributed by atoms with van der Waals surface area (Å²) in [6.07, 6.45) is 0. The monoisotopic (exact) mass is 263 g/mol. The van der Waals surface area contributed by atoms with Gasteiger partial charge in [-0.25, -0.2) is 0 Å². The van der Waals surface area contributed by atoms with Crippen molar-refractivity contribution in [3.05, 3.63) is 34.3 Å². The van der Waals surface area contributed by atoms with Crippen LogP contribution < -0.4 is 5.32 Å². The molecule has 74 valence electrons. The Bertz CT molecular complexity index is 235. The highest BCUT2D eigenvalue weighted by Crippen LogP contribution is 2.15. The highest BCUT2D eigenvalue weighted by molar-refractivity contribution is 9.10. The van der Waals surface area contributed by atoms with Gasteiger partial charge in [-0.3, -0.25) is 0 Å². The van der Waals surface area contributed by atoms with Gasteiger partial charge in [0.05, 0.1) is 0 Å². The normalized spacial score (nSPS) is 11.9. The number of hydrogen-bond acceptors (Lipinski definition) is 1. The van der Waals surface area contributed by atoms with Crippen LogP contribution in [0.3, 0.4) is 0 Å². The molecule has 13 heavy (non-hydrogen) atoms. The van der Waals surface area contributed by atoms with Gasteiger partial charge in [0.1, 0.15) is 0 Å². The summed E-state index contributed by atoms with van der Waals surface area (Å²) >= 11 is 3.41. The van der Waals surface area contributed by atoms with Crippen molar-refractivity contribution in [1.82, 2.24) is 5.32 Å². The van der Waals surface area contributed by atoms with Gasteiger partial charge >= 0.3 is 0 Å². The quantitative estimate of drug-likeness (QED) is 0.880. The van der Waals surface area contributed by atoms with Gasteiger partial charge in [-0.2, -0.15) is 0 Å². The Labute approximate surface area is 94.5 Å². The minimum absolute atomic E-state index is 0. The van der Waals surface area contributed by atoms with E-state index >= 15 is 0 Å². The van der Waals surface area contributed by atoms with Crippen molar-refractivity contribution < 1.29 is 0 Å². The molecular weight excluding hydrogens is 249 g/mol. The van der Waals surface area contributed by atoms with E-state index in [0.717, 1.165) is 11.0 Å². The topological polar surface area (TPSA) is 12.0 Å². The summed E-state index contributed by atoms with van der Waals surface area (Å²) < 4.78 is 1.13. The summed E-state index contributed by atoms with van der Waals surface area (Å²) in [5, 5.41) is 3.37. The molecule has 1 N–H and O–H groups in total. The summed E-state index contributed by atoms with van der Waals surface area (Å²) in [4.78, 5) is 0. The Morgan fingerprint density at radius 1 is 1.31 bits per heavy atom. The SMILES string of the molecule is CCNC(C)c1ccc(Br)cc1.Cl. The van der Waals surface area contributed by atoms with Gasteiger partial charge in [0.2, 0.25) is 0 Å². The number of nitrogens with one attached hydrogen (secondary N) is 1. The van der Waals surface area contributed by atoms with E-state index in [0.29, 0.717) is 6.04 Å². The van der Waals surface area contributed by atoms with E-state index in [1.54, 1.807) is 0 Å². The highest BCUT2D eigenvalue weighted by atomic mass is 79.9. The average molecular weight is 265 g/mol. The summed E-state index contributed by atoms with van der Waals surface area (Å²) in [5.41, 5.74) is 1.33. The van der Waals surface area contributed by atoms with E-state index in [9.17, 15) is 0 Å². The molecule has 0 heterocycles. The molecule has 1 nitrogen and oxygen atoms in total. The standard InChI is InChI=1S/C10H14BrN.ClH/c1-3-12-8(2)9-4-6-10(11)7-5-9;/h4-8,12H,3H2,1-2H3;1H. The summed E-state index contributed by atoms with van der Waals surface area (Å²) in [6.45, 7) is 5.30. The molecule has 1 unspecified atom stereocenters. The first kappa shape index (κ1) is 12.9. The second-order valence-corrected chi connectivity index (χ2v) is 3.75. The summed E-state index contributed by atoms with van der Waals surface area (Å²) in [7, 11) is 0. The third-order valence-electron chi connectivity index (χ3n) is 1.88. The molecular formula is C10H15BrClN. The van der Waals surface area contributed by atoms with Crippen LogP contribution >= 0.6 is 28.3 Å². The van der Waals surface area contributed by atoms with E-state index in [1.807, 2.05) is 0 Å². The first-order valence-corrected chi connectivity index (χ1v) is 5.02. The first-order valence-electron chi connectivity index (χ1n) is 4.23. The lowest BCUT2D eigenvalue weighted by Gasteiger charge is -2.12. The maximum absolute atomic E-state index is 3.41. The Morgan fingerprint density at radius 2 is 1.85 bits per heavy atom. The van der Waals surface area contributed by atoms with E-state index in [4.69, 9.17) is 0 Å². The number of benzene rings is 1. The van der Waals surface area contributed by atoms with Crippen LogP contribution in [0.5, 0.6) is 0 Å². The second kappa shape index (κ2) is 6.41. The molecule has 0 saturated carbocycles. The lowest BCUT2D eigenvalue weighted by molar-refractivity contribution is 0.598. The molecule has 0 bridgehead atoms. The molecule has 1 aromatic rings. The Morgan fingerprint density at radius 3 is 2.31 bits per heavy atom. The fraction of sp³-hybridized carbons (Fsp3) is 0.400. The molecule has 0 spiro atoms. The van der Waals surface area contributed by atoms with Crippen LogP contribution in [0.4, 0.5) is 0 Å². The largest absolute Gasteiger partial charge is 0.310 e. The number of rotatable bonds is 3. The van der Waals surface area contributed by atoms with Crippen molar-refractivity contribution in [3.8, 4) is 0 Å². The lowest BCUT2D eigenvalue weighted by atomic mass is 10.1. The van der Waals surface area contributed by atoms with Crippen molar-refractivity contribution >= 4 is 28.3 Å². The Hall–Kier alpha value is -0.0500. The molecule has 0 fully saturated rings. The van der Waals surface area contributed by atoms with Gasteiger partial charge in [0.25, 0.3) is 0 Å². The fourth-order valence-electron chi connectivity index (χ4n) is 1.18. The molecule has 0 radical (unpaired) electrons.